The van der Waals surface area contributed by atoms with E-state index in [1.807, 2.05) is 68.4 Å². The molecule has 0 unspecified atom stereocenters. The maximum absolute atomic E-state index is 6.28. The summed E-state index contributed by atoms with van der Waals surface area (Å²) in [6.07, 6.45) is 0. The highest BCUT2D eigenvalue weighted by Crippen LogP contribution is 2.25. The van der Waals surface area contributed by atoms with Crippen molar-refractivity contribution < 1.29 is 0 Å². The van der Waals surface area contributed by atoms with Gasteiger partial charge in [0.05, 0.1) is 6.04 Å². The number of hydrogen-bond acceptors (Lipinski definition) is 6. The van der Waals surface area contributed by atoms with Crippen LogP contribution >= 0.6 is 11.6 Å². The Balaban J connectivity index is 1.77. The average molecular weight is 369 g/mol. The van der Waals surface area contributed by atoms with Crippen LogP contribution < -0.4 is 16.4 Å². The average Bonchev–Trinajstić information content (AvgIpc) is 2.62. The smallest absolute Gasteiger partial charge is 0.232 e. The second kappa shape index (κ2) is 8.12. The van der Waals surface area contributed by atoms with Gasteiger partial charge >= 0.3 is 0 Å². The van der Waals surface area contributed by atoms with Crippen LogP contribution in [0.1, 0.15) is 37.3 Å². The fraction of sp³-hybridized carbons (Fsp3) is 0.211. The number of benzene rings is 2. The Bertz CT molecular complexity index is 871. The van der Waals surface area contributed by atoms with Crippen LogP contribution in [-0.4, -0.2) is 15.0 Å². The highest BCUT2D eigenvalue weighted by Gasteiger charge is 2.17. The van der Waals surface area contributed by atoms with E-state index in [9.17, 15) is 0 Å². The fourth-order valence-corrected chi connectivity index (χ4v) is 2.97. The van der Waals surface area contributed by atoms with Crippen molar-refractivity contribution in [2.75, 3.05) is 11.1 Å². The summed E-state index contributed by atoms with van der Waals surface area (Å²) in [5, 5.41) is 7.32. The Hall–Kier alpha value is -2.70. The number of rotatable bonds is 6. The number of hydrogen-bond donors (Lipinski definition) is 3. The van der Waals surface area contributed by atoms with Gasteiger partial charge in [-0.15, -0.1) is 0 Å². The molecule has 0 fully saturated rings. The van der Waals surface area contributed by atoms with Gasteiger partial charge in [0, 0.05) is 16.8 Å². The molecule has 2 atom stereocenters. The first kappa shape index (κ1) is 18.1. The molecule has 0 saturated carbocycles. The Morgan fingerprint density at radius 3 is 2.31 bits per heavy atom. The number of halogens is 1. The molecule has 0 aliphatic rings. The van der Waals surface area contributed by atoms with Gasteiger partial charge < -0.3 is 16.4 Å². The predicted octanol–water partition coefficient (Wildman–Crippen LogP) is 4.26. The van der Waals surface area contributed by atoms with Crippen molar-refractivity contribution in [3.8, 4) is 0 Å². The number of nitrogens with zero attached hydrogens (tertiary/aromatic N) is 3. The van der Waals surface area contributed by atoms with Crippen molar-refractivity contribution in [1.29, 1.82) is 0 Å². The van der Waals surface area contributed by atoms with Crippen LogP contribution in [0.5, 0.6) is 0 Å². The molecule has 0 amide bonds. The number of para-hydroxylation sites is 1. The van der Waals surface area contributed by atoms with Crippen molar-refractivity contribution in [1.82, 2.24) is 20.3 Å². The zero-order chi connectivity index (χ0) is 18.5. The lowest BCUT2D eigenvalue weighted by Gasteiger charge is -2.20. The van der Waals surface area contributed by atoms with Crippen LogP contribution in [0.25, 0.3) is 0 Å². The maximum Gasteiger partial charge on any atom is 0.232 e. The molecule has 6 nitrogen and oxygen atoms in total. The fourth-order valence-electron chi connectivity index (χ4n) is 2.68. The number of anilines is 3. The van der Waals surface area contributed by atoms with E-state index in [2.05, 4.69) is 25.6 Å². The van der Waals surface area contributed by atoms with Crippen LogP contribution in [0.4, 0.5) is 17.6 Å². The van der Waals surface area contributed by atoms with Crippen LogP contribution in [0, 0.1) is 0 Å². The SMILES string of the molecule is C[C@H](N[C@H](C)c1ccccc1Cl)c1nc(N)nc(Nc2ccccc2)n1. The molecule has 7 heteroatoms. The molecule has 1 heterocycles. The van der Waals surface area contributed by atoms with Crippen LogP contribution in [0.2, 0.25) is 5.02 Å². The molecule has 3 aromatic rings. The molecule has 0 bridgehead atoms. The molecule has 0 aliphatic carbocycles. The van der Waals surface area contributed by atoms with Gasteiger partial charge in [0.25, 0.3) is 0 Å². The van der Waals surface area contributed by atoms with Crippen molar-refractivity contribution in [2.45, 2.75) is 25.9 Å². The van der Waals surface area contributed by atoms with Crippen molar-refractivity contribution in [3.05, 3.63) is 71.0 Å². The number of aromatic nitrogens is 3. The Labute approximate surface area is 157 Å². The largest absolute Gasteiger partial charge is 0.368 e. The van der Waals surface area contributed by atoms with E-state index in [4.69, 9.17) is 17.3 Å². The quantitative estimate of drug-likeness (QED) is 0.602. The van der Waals surface area contributed by atoms with Crippen LogP contribution in [-0.2, 0) is 0 Å². The highest BCUT2D eigenvalue weighted by molar-refractivity contribution is 6.31. The standard InChI is InChI=1S/C19H21ClN6/c1-12(15-10-6-7-11-16(15)20)22-13(2)17-24-18(21)26-19(25-17)23-14-8-4-3-5-9-14/h3-13,22H,1-2H3,(H3,21,23,24,25,26)/t12-,13+/m1/s1. The molecular weight excluding hydrogens is 348 g/mol. The number of nitrogen functional groups attached to an aromatic ring is 1. The third-order valence-corrected chi connectivity index (χ3v) is 4.30. The Morgan fingerprint density at radius 1 is 0.885 bits per heavy atom. The first-order valence-corrected chi connectivity index (χ1v) is 8.74. The van der Waals surface area contributed by atoms with Crippen molar-refractivity contribution in [2.24, 2.45) is 0 Å². The van der Waals surface area contributed by atoms with E-state index in [1.165, 1.54) is 0 Å². The van der Waals surface area contributed by atoms with Gasteiger partial charge in [-0.05, 0) is 37.6 Å². The summed E-state index contributed by atoms with van der Waals surface area (Å²) in [5.74, 6) is 1.15. The zero-order valence-electron chi connectivity index (χ0n) is 14.6. The third kappa shape index (κ3) is 4.47. The summed E-state index contributed by atoms with van der Waals surface area (Å²) in [7, 11) is 0. The second-order valence-corrected chi connectivity index (χ2v) is 6.41. The van der Waals surface area contributed by atoms with E-state index < -0.39 is 0 Å². The summed E-state index contributed by atoms with van der Waals surface area (Å²) in [5.41, 5.74) is 7.77. The van der Waals surface area contributed by atoms with Crippen molar-refractivity contribution >= 4 is 29.2 Å². The molecule has 2 aromatic carbocycles. The summed E-state index contributed by atoms with van der Waals surface area (Å²) >= 11 is 6.28. The molecule has 3 rings (SSSR count). The maximum atomic E-state index is 6.28. The molecule has 1 aromatic heterocycles. The normalized spacial score (nSPS) is 13.2. The topological polar surface area (TPSA) is 88.8 Å². The van der Waals surface area contributed by atoms with Gasteiger partial charge in [0.1, 0.15) is 0 Å². The summed E-state index contributed by atoms with van der Waals surface area (Å²) in [4.78, 5) is 12.9. The third-order valence-electron chi connectivity index (χ3n) is 3.96. The summed E-state index contributed by atoms with van der Waals surface area (Å²) < 4.78 is 0. The van der Waals surface area contributed by atoms with Crippen LogP contribution in [0.3, 0.4) is 0 Å². The minimum Gasteiger partial charge on any atom is -0.368 e. The van der Waals surface area contributed by atoms with E-state index in [0.29, 0.717) is 11.8 Å². The second-order valence-electron chi connectivity index (χ2n) is 6.00. The van der Waals surface area contributed by atoms with Gasteiger partial charge in [-0.3, -0.25) is 0 Å². The summed E-state index contributed by atoms with van der Waals surface area (Å²) in [6, 6.07) is 17.3. The number of nitrogens with two attached hydrogens (primary N) is 1. The lowest BCUT2D eigenvalue weighted by atomic mass is 10.1. The first-order chi connectivity index (χ1) is 12.5. The molecule has 0 spiro atoms. The minimum absolute atomic E-state index is 0.0298. The highest BCUT2D eigenvalue weighted by atomic mass is 35.5. The Morgan fingerprint density at radius 2 is 1.58 bits per heavy atom. The molecule has 0 radical (unpaired) electrons. The van der Waals surface area contributed by atoms with Gasteiger partial charge in [0.2, 0.25) is 11.9 Å². The lowest BCUT2D eigenvalue weighted by Crippen LogP contribution is -2.25. The minimum atomic E-state index is -0.136. The Kier molecular flexibility index (Phi) is 5.65. The van der Waals surface area contributed by atoms with E-state index in [-0.39, 0.29) is 18.0 Å². The number of nitrogens with one attached hydrogen (secondary N) is 2. The van der Waals surface area contributed by atoms with E-state index >= 15 is 0 Å². The predicted molar refractivity (Wildman–Crippen MR) is 105 cm³/mol. The molecule has 134 valence electrons. The summed E-state index contributed by atoms with van der Waals surface area (Å²) in [6.45, 7) is 4.03. The first-order valence-electron chi connectivity index (χ1n) is 8.37. The van der Waals surface area contributed by atoms with E-state index in [0.717, 1.165) is 16.3 Å². The molecule has 26 heavy (non-hydrogen) atoms. The molecule has 0 aliphatic heterocycles. The van der Waals surface area contributed by atoms with Gasteiger partial charge in [0.15, 0.2) is 5.82 Å². The monoisotopic (exact) mass is 368 g/mol. The van der Waals surface area contributed by atoms with Gasteiger partial charge in [-0.2, -0.15) is 15.0 Å². The van der Waals surface area contributed by atoms with Gasteiger partial charge in [-0.25, -0.2) is 0 Å². The molecule has 0 saturated heterocycles. The van der Waals surface area contributed by atoms with Crippen LogP contribution in [0.15, 0.2) is 54.6 Å². The van der Waals surface area contributed by atoms with E-state index in [1.54, 1.807) is 0 Å². The van der Waals surface area contributed by atoms with Gasteiger partial charge in [-0.1, -0.05) is 48.0 Å². The lowest BCUT2D eigenvalue weighted by molar-refractivity contribution is 0.476. The molecule has 4 N–H and O–H groups in total. The zero-order valence-corrected chi connectivity index (χ0v) is 15.4. The van der Waals surface area contributed by atoms with Crippen molar-refractivity contribution in [3.63, 3.8) is 0 Å². The molecular formula is C19H21ClN6.